The summed E-state index contributed by atoms with van der Waals surface area (Å²) in [5, 5.41) is 0. The predicted molar refractivity (Wildman–Crippen MR) is 86.2 cm³/mol. The van der Waals surface area contributed by atoms with E-state index in [0.717, 1.165) is 44.6 Å². The second-order valence-corrected chi connectivity index (χ2v) is 8.30. The topological polar surface area (TPSA) is 78.1 Å². The molecule has 1 aliphatic heterocycles. The zero-order valence-corrected chi connectivity index (χ0v) is 14.1. The summed E-state index contributed by atoms with van der Waals surface area (Å²) in [7, 11) is -3.07. The molecule has 1 aliphatic carbocycles. The van der Waals surface area contributed by atoms with Crippen molar-refractivity contribution in [1.82, 2.24) is 19.6 Å². The van der Waals surface area contributed by atoms with Gasteiger partial charge in [-0.25, -0.2) is 18.1 Å². The average molecular weight is 326 g/mol. The number of hydrogen-bond donors (Lipinski definition) is 2. The minimum absolute atomic E-state index is 0.379. The lowest BCUT2D eigenvalue weighted by Crippen LogP contribution is -2.29. The van der Waals surface area contributed by atoms with Crippen molar-refractivity contribution in [2.45, 2.75) is 51.0 Å². The van der Waals surface area contributed by atoms with E-state index in [9.17, 15) is 8.42 Å². The van der Waals surface area contributed by atoms with Crippen LogP contribution in [0.1, 0.15) is 55.4 Å². The molecule has 0 bridgehead atoms. The number of aromatic nitrogens is 2. The van der Waals surface area contributed by atoms with E-state index in [4.69, 9.17) is 4.98 Å². The number of likely N-dealkylation sites (tertiary alicyclic amines) is 1. The Kier molecular flexibility index (Phi) is 4.84. The third kappa shape index (κ3) is 3.88. The summed E-state index contributed by atoms with van der Waals surface area (Å²) >= 11 is 0. The molecule has 1 saturated heterocycles. The standard InChI is InChI=1S/C15H26N4O2S/c1-22(20,21)16-9-5-11-19-10-4-8-14(19)15-17-12-6-2-3-7-13(12)18-15/h14,16H,2-11H2,1H3,(H,17,18)/t14-/m0/s1. The lowest BCUT2D eigenvalue weighted by molar-refractivity contribution is 0.247. The highest BCUT2D eigenvalue weighted by Crippen LogP contribution is 2.32. The summed E-state index contributed by atoms with van der Waals surface area (Å²) in [4.78, 5) is 10.8. The molecule has 1 fully saturated rings. The Labute approximate surface area is 132 Å². The maximum absolute atomic E-state index is 11.1. The van der Waals surface area contributed by atoms with Gasteiger partial charge in [-0.05, 0) is 51.5 Å². The van der Waals surface area contributed by atoms with E-state index in [-0.39, 0.29) is 0 Å². The van der Waals surface area contributed by atoms with Gasteiger partial charge in [-0.3, -0.25) is 4.90 Å². The van der Waals surface area contributed by atoms with Crippen LogP contribution < -0.4 is 4.72 Å². The molecule has 1 aromatic rings. The van der Waals surface area contributed by atoms with Gasteiger partial charge in [0.25, 0.3) is 0 Å². The molecule has 0 spiro atoms. The quantitative estimate of drug-likeness (QED) is 0.774. The number of imidazole rings is 1. The van der Waals surface area contributed by atoms with Crippen LogP contribution in [0.4, 0.5) is 0 Å². The molecule has 1 atom stereocenters. The van der Waals surface area contributed by atoms with Crippen LogP contribution in [0.5, 0.6) is 0 Å². The number of hydrogen-bond acceptors (Lipinski definition) is 4. The Balaban J connectivity index is 1.57. The molecule has 3 rings (SSSR count). The van der Waals surface area contributed by atoms with Crippen molar-refractivity contribution in [1.29, 1.82) is 0 Å². The van der Waals surface area contributed by atoms with Gasteiger partial charge >= 0.3 is 0 Å². The van der Waals surface area contributed by atoms with Crippen LogP contribution in [0.15, 0.2) is 0 Å². The zero-order chi connectivity index (χ0) is 15.6. The molecule has 0 aromatic carbocycles. The Morgan fingerprint density at radius 2 is 2.14 bits per heavy atom. The molecular weight excluding hydrogens is 300 g/mol. The summed E-state index contributed by atoms with van der Waals surface area (Å²) in [6, 6.07) is 0.379. The maximum Gasteiger partial charge on any atom is 0.208 e. The molecule has 6 nitrogen and oxygen atoms in total. The molecule has 124 valence electrons. The first-order valence-electron chi connectivity index (χ1n) is 8.29. The minimum Gasteiger partial charge on any atom is -0.344 e. The predicted octanol–water partition coefficient (Wildman–Crippen LogP) is 1.36. The average Bonchev–Trinajstić information content (AvgIpc) is 3.08. The molecule has 0 unspecified atom stereocenters. The van der Waals surface area contributed by atoms with Gasteiger partial charge in [0.2, 0.25) is 10.0 Å². The van der Waals surface area contributed by atoms with E-state index in [0.29, 0.717) is 12.6 Å². The van der Waals surface area contributed by atoms with Crippen LogP contribution in [0.25, 0.3) is 0 Å². The first-order chi connectivity index (χ1) is 10.5. The number of aromatic amines is 1. The van der Waals surface area contributed by atoms with E-state index in [1.54, 1.807) is 0 Å². The number of H-pyrrole nitrogens is 1. The van der Waals surface area contributed by atoms with Crippen molar-refractivity contribution in [2.24, 2.45) is 0 Å². The summed E-state index contributed by atoms with van der Waals surface area (Å²) in [5.74, 6) is 1.13. The van der Waals surface area contributed by atoms with Crippen molar-refractivity contribution in [3.05, 3.63) is 17.2 Å². The zero-order valence-electron chi connectivity index (χ0n) is 13.3. The van der Waals surface area contributed by atoms with Crippen molar-refractivity contribution in [3.8, 4) is 0 Å². The molecule has 1 aromatic heterocycles. The Hall–Kier alpha value is -0.920. The number of aryl methyl sites for hydroxylation is 2. The smallest absolute Gasteiger partial charge is 0.208 e. The molecule has 2 N–H and O–H groups in total. The highest BCUT2D eigenvalue weighted by molar-refractivity contribution is 7.88. The second kappa shape index (κ2) is 6.68. The number of sulfonamides is 1. The van der Waals surface area contributed by atoms with Gasteiger partial charge in [-0.2, -0.15) is 0 Å². The largest absolute Gasteiger partial charge is 0.344 e. The maximum atomic E-state index is 11.1. The fourth-order valence-corrected chi connectivity index (χ4v) is 4.09. The Morgan fingerprint density at radius 3 is 2.91 bits per heavy atom. The first kappa shape index (κ1) is 16.0. The monoisotopic (exact) mass is 326 g/mol. The third-order valence-corrected chi connectivity index (χ3v) is 5.37. The van der Waals surface area contributed by atoms with E-state index in [1.807, 2.05) is 0 Å². The van der Waals surface area contributed by atoms with Gasteiger partial charge in [0.1, 0.15) is 5.82 Å². The third-order valence-electron chi connectivity index (χ3n) is 4.64. The number of fused-ring (bicyclic) bond motifs is 1. The van der Waals surface area contributed by atoms with Gasteiger partial charge in [0.15, 0.2) is 0 Å². The van der Waals surface area contributed by atoms with Crippen LogP contribution in [0.3, 0.4) is 0 Å². The number of nitrogens with one attached hydrogen (secondary N) is 2. The Morgan fingerprint density at radius 1 is 1.32 bits per heavy atom. The molecule has 2 heterocycles. The molecular formula is C15H26N4O2S. The molecule has 2 aliphatic rings. The summed E-state index contributed by atoms with van der Waals surface area (Å²) in [6.07, 6.45) is 9.14. The second-order valence-electron chi connectivity index (χ2n) is 6.47. The summed E-state index contributed by atoms with van der Waals surface area (Å²) in [6.45, 7) is 2.50. The van der Waals surface area contributed by atoms with Crippen LogP contribution in [-0.4, -0.2) is 49.2 Å². The van der Waals surface area contributed by atoms with Crippen LogP contribution >= 0.6 is 0 Å². The minimum atomic E-state index is -3.07. The highest BCUT2D eigenvalue weighted by Gasteiger charge is 2.29. The van der Waals surface area contributed by atoms with E-state index < -0.39 is 10.0 Å². The van der Waals surface area contributed by atoms with Crippen LogP contribution in [0.2, 0.25) is 0 Å². The lowest BCUT2D eigenvalue weighted by Gasteiger charge is -2.22. The fourth-order valence-electron chi connectivity index (χ4n) is 3.58. The lowest BCUT2D eigenvalue weighted by atomic mass is 10.0. The SMILES string of the molecule is CS(=O)(=O)NCCCN1CCC[C@H]1c1nc2c([nH]1)CCCC2. The van der Waals surface area contributed by atoms with Crippen molar-refractivity contribution < 1.29 is 8.42 Å². The molecule has 7 heteroatoms. The van der Waals surface area contributed by atoms with Gasteiger partial charge in [-0.15, -0.1) is 0 Å². The number of rotatable bonds is 6. The highest BCUT2D eigenvalue weighted by atomic mass is 32.2. The Bertz CT molecular complexity index is 588. The number of nitrogens with zero attached hydrogens (tertiary/aromatic N) is 2. The van der Waals surface area contributed by atoms with E-state index in [1.165, 1.54) is 36.9 Å². The van der Waals surface area contributed by atoms with Gasteiger partial charge in [-0.1, -0.05) is 0 Å². The fraction of sp³-hybridized carbons (Fsp3) is 0.800. The molecule has 0 amide bonds. The normalized spacial score (nSPS) is 22.9. The van der Waals surface area contributed by atoms with E-state index in [2.05, 4.69) is 14.6 Å². The van der Waals surface area contributed by atoms with Gasteiger partial charge in [0, 0.05) is 18.8 Å². The van der Waals surface area contributed by atoms with Crippen LogP contribution in [0, 0.1) is 0 Å². The van der Waals surface area contributed by atoms with Crippen molar-refractivity contribution in [2.75, 3.05) is 25.9 Å². The van der Waals surface area contributed by atoms with Gasteiger partial charge < -0.3 is 4.98 Å². The van der Waals surface area contributed by atoms with Gasteiger partial charge in [0.05, 0.1) is 18.0 Å². The van der Waals surface area contributed by atoms with Crippen molar-refractivity contribution in [3.63, 3.8) is 0 Å². The van der Waals surface area contributed by atoms with Crippen LogP contribution in [-0.2, 0) is 22.9 Å². The molecule has 0 radical (unpaired) electrons. The van der Waals surface area contributed by atoms with Crippen molar-refractivity contribution >= 4 is 10.0 Å². The summed E-state index contributed by atoms with van der Waals surface area (Å²) < 4.78 is 24.7. The summed E-state index contributed by atoms with van der Waals surface area (Å²) in [5.41, 5.74) is 2.61. The molecule has 22 heavy (non-hydrogen) atoms. The first-order valence-corrected chi connectivity index (χ1v) is 10.2. The molecule has 0 saturated carbocycles. The van der Waals surface area contributed by atoms with E-state index >= 15 is 0 Å².